The van der Waals surface area contributed by atoms with Gasteiger partial charge in [-0.05, 0) is 51.1 Å². The SMILES string of the molecule is COC(=O)c1ccc(CNCC2(N(C)C)CCC2)cc1F. The Bertz CT molecular complexity index is 513. The number of hydrogen-bond acceptors (Lipinski definition) is 4. The molecule has 1 N–H and O–H groups in total. The van der Waals surface area contributed by atoms with Crippen molar-refractivity contribution in [1.29, 1.82) is 0 Å². The quantitative estimate of drug-likeness (QED) is 0.817. The Morgan fingerprint density at radius 2 is 2.14 bits per heavy atom. The molecule has 0 unspecified atom stereocenters. The number of rotatable bonds is 6. The molecule has 0 atom stereocenters. The lowest BCUT2D eigenvalue weighted by Gasteiger charge is -2.47. The molecule has 0 aliphatic heterocycles. The second-order valence-corrected chi connectivity index (χ2v) is 5.88. The number of nitrogens with zero attached hydrogens (tertiary/aromatic N) is 1. The molecule has 0 heterocycles. The third kappa shape index (κ3) is 3.41. The molecular formula is C16H23FN2O2. The van der Waals surface area contributed by atoms with Gasteiger partial charge >= 0.3 is 5.97 Å². The van der Waals surface area contributed by atoms with E-state index in [1.807, 2.05) is 0 Å². The van der Waals surface area contributed by atoms with Gasteiger partial charge in [-0.3, -0.25) is 0 Å². The smallest absolute Gasteiger partial charge is 0.340 e. The van der Waals surface area contributed by atoms with Crippen molar-refractivity contribution in [2.45, 2.75) is 31.3 Å². The van der Waals surface area contributed by atoms with Crippen LogP contribution in [0.3, 0.4) is 0 Å². The Labute approximate surface area is 125 Å². The van der Waals surface area contributed by atoms with Gasteiger partial charge in [0.1, 0.15) is 5.82 Å². The van der Waals surface area contributed by atoms with Crippen molar-refractivity contribution >= 4 is 5.97 Å². The molecule has 21 heavy (non-hydrogen) atoms. The first-order valence-corrected chi connectivity index (χ1v) is 7.23. The molecule has 0 bridgehead atoms. The minimum atomic E-state index is -0.645. The van der Waals surface area contributed by atoms with E-state index in [0.29, 0.717) is 6.54 Å². The average Bonchev–Trinajstić information content (AvgIpc) is 2.40. The number of nitrogens with one attached hydrogen (secondary N) is 1. The van der Waals surface area contributed by atoms with Crippen molar-refractivity contribution in [3.8, 4) is 0 Å². The van der Waals surface area contributed by atoms with Crippen LogP contribution in [0.25, 0.3) is 0 Å². The molecule has 0 amide bonds. The number of esters is 1. The monoisotopic (exact) mass is 294 g/mol. The number of carbonyl (C=O) groups is 1. The van der Waals surface area contributed by atoms with E-state index in [9.17, 15) is 9.18 Å². The number of methoxy groups -OCH3 is 1. The molecule has 1 aliphatic carbocycles. The lowest BCUT2D eigenvalue weighted by molar-refractivity contribution is 0.0595. The van der Waals surface area contributed by atoms with Gasteiger partial charge in [-0.15, -0.1) is 0 Å². The molecule has 0 saturated heterocycles. The fourth-order valence-corrected chi connectivity index (χ4v) is 2.75. The molecule has 1 fully saturated rings. The van der Waals surface area contributed by atoms with Crippen LogP contribution >= 0.6 is 0 Å². The zero-order valence-corrected chi connectivity index (χ0v) is 12.9. The first-order valence-electron chi connectivity index (χ1n) is 7.23. The van der Waals surface area contributed by atoms with Gasteiger partial charge in [0.25, 0.3) is 0 Å². The number of hydrogen-bond donors (Lipinski definition) is 1. The molecule has 1 aliphatic rings. The van der Waals surface area contributed by atoms with E-state index in [1.165, 1.54) is 38.5 Å². The van der Waals surface area contributed by atoms with Crippen LogP contribution in [0.15, 0.2) is 18.2 Å². The van der Waals surface area contributed by atoms with Crippen molar-refractivity contribution in [3.63, 3.8) is 0 Å². The Hall–Kier alpha value is -1.46. The van der Waals surface area contributed by atoms with E-state index in [2.05, 4.69) is 29.0 Å². The second-order valence-electron chi connectivity index (χ2n) is 5.88. The summed E-state index contributed by atoms with van der Waals surface area (Å²) in [4.78, 5) is 13.6. The molecule has 4 nitrogen and oxygen atoms in total. The van der Waals surface area contributed by atoms with Crippen LogP contribution < -0.4 is 5.32 Å². The van der Waals surface area contributed by atoms with Gasteiger partial charge in [0.2, 0.25) is 0 Å². The van der Waals surface area contributed by atoms with Crippen LogP contribution in [-0.4, -0.2) is 44.2 Å². The molecule has 0 aromatic heterocycles. The van der Waals surface area contributed by atoms with E-state index in [1.54, 1.807) is 6.07 Å². The maximum Gasteiger partial charge on any atom is 0.340 e. The minimum Gasteiger partial charge on any atom is -0.465 e. The Morgan fingerprint density at radius 3 is 2.62 bits per heavy atom. The normalized spacial score (nSPS) is 16.6. The summed E-state index contributed by atoms with van der Waals surface area (Å²) < 4.78 is 18.3. The van der Waals surface area contributed by atoms with Crippen molar-refractivity contribution in [1.82, 2.24) is 10.2 Å². The highest BCUT2D eigenvalue weighted by Crippen LogP contribution is 2.35. The van der Waals surface area contributed by atoms with E-state index in [0.717, 1.165) is 12.1 Å². The zero-order valence-electron chi connectivity index (χ0n) is 12.9. The first kappa shape index (κ1) is 15.9. The topological polar surface area (TPSA) is 41.6 Å². The Kier molecular flexibility index (Phi) is 4.96. The van der Waals surface area contributed by atoms with Gasteiger partial charge in [-0.25, -0.2) is 9.18 Å². The largest absolute Gasteiger partial charge is 0.465 e. The molecule has 1 aromatic carbocycles. The predicted octanol–water partition coefficient (Wildman–Crippen LogP) is 2.19. The number of ether oxygens (including phenoxy) is 1. The third-order valence-corrected chi connectivity index (χ3v) is 4.45. The maximum atomic E-state index is 13.8. The predicted molar refractivity (Wildman–Crippen MR) is 79.7 cm³/mol. The number of benzene rings is 1. The summed E-state index contributed by atoms with van der Waals surface area (Å²) in [6.07, 6.45) is 3.66. The van der Waals surface area contributed by atoms with Crippen LogP contribution in [0.4, 0.5) is 4.39 Å². The summed E-state index contributed by atoms with van der Waals surface area (Å²) in [5.41, 5.74) is 1.04. The summed E-state index contributed by atoms with van der Waals surface area (Å²) in [5, 5.41) is 3.39. The number of carbonyl (C=O) groups excluding carboxylic acids is 1. The molecule has 116 valence electrons. The highest BCUT2D eigenvalue weighted by atomic mass is 19.1. The number of halogens is 1. The van der Waals surface area contributed by atoms with Gasteiger partial charge in [-0.1, -0.05) is 6.07 Å². The molecule has 0 spiro atoms. The zero-order chi connectivity index (χ0) is 15.5. The van der Waals surface area contributed by atoms with Crippen molar-refractivity contribution in [2.75, 3.05) is 27.7 Å². The van der Waals surface area contributed by atoms with Gasteiger partial charge in [-0.2, -0.15) is 0 Å². The fourth-order valence-electron chi connectivity index (χ4n) is 2.75. The lowest BCUT2D eigenvalue weighted by Crippen LogP contribution is -2.56. The minimum absolute atomic E-state index is 0.0231. The van der Waals surface area contributed by atoms with Crippen molar-refractivity contribution in [3.05, 3.63) is 35.1 Å². The van der Waals surface area contributed by atoms with E-state index in [-0.39, 0.29) is 11.1 Å². The van der Waals surface area contributed by atoms with Gasteiger partial charge < -0.3 is 15.0 Å². The highest BCUT2D eigenvalue weighted by Gasteiger charge is 2.38. The molecule has 0 radical (unpaired) electrons. The Morgan fingerprint density at radius 1 is 1.43 bits per heavy atom. The standard InChI is InChI=1S/C16H23FN2O2/c1-19(2)16(7-4-8-16)11-18-10-12-5-6-13(14(17)9-12)15(20)21-3/h5-6,9,18H,4,7-8,10-11H2,1-3H3. The fraction of sp³-hybridized carbons (Fsp3) is 0.562. The molecular weight excluding hydrogens is 271 g/mol. The summed E-state index contributed by atoms with van der Waals surface area (Å²) in [5.74, 6) is -1.18. The van der Waals surface area contributed by atoms with E-state index < -0.39 is 11.8 Å². The lowest BCUT2D eigenvalue weighted by atomic mass is 9.75. The summed E-state index contributed by atoms with van der Waals surface area (Å²) >= 11 is 0. The van der Waals surface area contributed by atoms with Gasteiger partial charge in [0, 0.05) is 18.6 Å². The van der Waals surface area contributed by atoms with Crippen LogP contribution in [-0.2, 0) is 11.3 Å². The second kappa shape index (κ2) is 6.54. The molecule has 1 aromatic rings. The summed E-state index contributed by atoms with van der Waals surface area (Å²) in [6.45, 7) is 1.48. The van der Waals surface area contributed by atoms with Crippen molar-refractivity contribution < 1.29 is 13.9 Å². The van der Waals surface area contributed by atoms with Gasteiger partial charge in [0.05, 0.1) is 12.7 Å². The van der Waals surface area contributed by atoms with Crippen LogP contribution in [0.5, 0.6) is 0 Å². The van der Waals surface area contributed by atoms with Gasteiger partial charge in [0.15, 0.2) is 0 Å². The molecule has 1 saturated carbocycles. The first-order chi connectivity index (χ1) is 9.98. The third-order valence-electron chi connectivity index (χ3n) is 4.45. The van der Waals surface area contributed by atoms with E-state index >= 15 is 0 Å². The van der Waals surface area contributed by atoms with Crippen LogP contribution in [0.1, 0.15) is 35.2 Å². The number of likely N-dealkylation sites (N-methyl/N-ethyl adjacent to an activating group) is 1. The maximum absolute atomic E-state index is 13.8. The van der Waals surface area contributed by atoms with Crippen LogP contribution in [0, 0.1) is 5.82 Å². The highest BCUT2D eigenvalue weighted by molar-refractivity contribution is 5.89. The molecule has 2 rings (SSSR count). The van der Waals surface area contributed by atoms with Crippen LogP contribution in [0.2, 0.25) is 0 Å². The summed E-state index contributed by atoms with van der Waals surface area (Å²) in [6, 6.07) is 4.62. The van der Waals surface area contributed by atoms with E-state index in [4.69, 9.17) is 0 Å². The molecule has 5 heteroatoms. The Balaban J connectivity index is 1.92. The summed E-state index contributed by atoms with van der Waals surface area (Å²) in [7, 11) is 5.45. The average molecular weight is 294 g/mol. The van der Waals surface area contributed by atoms with Crippen molar-refractivity contribution in [2.24, 2.45) is 0 Å².